The molecule has 0 fully saturated rings. The molecular formula is C16H15NO3. The molecule has 0 radical (unpaired) electrons. The van der Waals surface area contributed by atoms with Gasteiger partial charge in [-0.1, -0.05) is 42.5 Å². The van der Waals surface area contributed by atoms with E-state index >= 15 is 0 Å². The molecule has 4 heteroatoms. The maximum absolute atomic E-state index is 12.1. The Bertz CT molecular complexity index is 648. The highest BCUT2D eigenvalue weighted by Crippen LogP contribution is 2.27. The van der Waals surface area contributed by atoms with Crippen molar-refractivity contribution in [3.63, 3.8) is 0 Å². The average molecular weight is 269 g/mol. The van der Waals surface area contributed by atoms with E-state index in [0.29, 0.717) is 5.56 Å². The van der Waals surface area contributed by atoms with Crippen molar-refractivity contribution in [2.75, 3.05) is 14.1 Å². The van der Waals surface area contributed by atoms with Gasteiger partial charge in [-0.2, -0.15) is 0 Å². The highest BCUT2D eigenvalue weighted by atomic mass is 16.4. The second kappa shape index (κ2) is 5.57. The molecule has 2 rings (SSSR count). The summed E-state index contributed by atoms with van der Waals surface area (Å²) in [7, 11) is 3.20. The van der Waals surface area contributed by atoms with E-state index in [2.05, 4.69) is 0 Å². The quantitative estimate of drug-likeness (QED) is 0.932. The Kier molecular flexibility index (Phi) is 3.84. The Morgan fingerprint density at radius 2 is 1.60 bits per heavy atom. The van der Waals surface area contributed by atoms with Crippen LogP contribution in [0, 0.1) is 0 Å². The van der Waals surface area contributed by atoms with Gasteiger partial charge in [0.05, 0.1) is 11.1 Å². The van der Waals surface area contributed by atoms with Crippen LogP contribution in [0.15, 0.2) is 48.5 Å². The van der Waals surface area contributed by atoms with Crippen molar-refractivity contribution in [2.24, 2.45) is 0 Å². The molecule has 0 aliphatic heterocycles. The van der Waals surface area contributed by atoms with Crippen LogP contribution in [-0.2, 0) is 0 Å². The summed E-state index contributed by atoms with van der Waals surface area (Å²) in [4.78, 5) is 25.1. The predicted octanol–water partition coefficient (Wildman–Crippen LogP) is 2.75. The van der Waals surface area contributed by atoms with Gasteiger partial charge in [0.2, 0.25) is 0 Å². The van der Waals surface area contributed by atoms with Gasteiger partial charge in [-0.05, 0) is 17.2 Å². The molecule has 4 nitrogen and oxygen atoms in total. The molecular weight excluding hydrogens is 254 g/mol. The fraction of sp³-hybridized carbons (Fsp3) is 0.125. The minimum absolute atomic E-state index is 0.0393. The van der Waals surface area contributed by atoms with Gasteiger partial charge < -0.3 is 10.0 Å². The topological polar surface area (TPSA) is 57.6 Å². The smallest absolute Gasteiger partial charge is 0.337 e. The second-order valence-electron chi connectivity index (χ2n) is 4.60. The van der Waals surface area contributed by atoms with E-state index in [1.807, 2.05) is 30.3 Å². The number of carbonyl (C=O) groups is 2. The monoisotopic (exact) mass is 269 g/mol. The number of carboxylic acid groups (broad SMARTS) is 1. The average Bonchev–Trinajstić information content (AvgIpc) is 2.46. The standard InChI is InChI=1S/C16H15NO3/c1-17(2)15(18)13-10-6-9-12(14(13)16(19)20)11-7-4-3-5-8-11/h3-10H,1-2H3,(H,19,20). The Labute approximate surface area is 117 Å². The summed E-state index contributed by atoms with van der Waals surface area (Å²) < 4.78 is 0. The largest absolute Gasteiger partial charge is 0.478 e. The van der Waals surface area contributed by atoms with Crippen LogP contribution in [0.1, 0.15) is 20.7 Å². The molecule has 0 spiro atoms. The Balaban J connectivity index is 2.68. The van der Waals surface area contributed by atoms with Crippen molar-refractivity contribution in [3.05, 3.63) is 59.7 Å². The molecule has 0 bridgehead atoms. The Morgan fingerprint density at radius 1 is 0.950 bits per heavy atom. The van der Waals surface area contributed by atoms with Crippen LogP contribution in [0.4, 0.5) is 0 Å². The maximum Gasteiger partial charge on any atom is 0.337 e. The highest BCUT2D eigenvalue weighted by molar-refractivity contribution is 6.08. The molecule has 0 saturated carbocycles. The van der Waals surface area contributed by atoms with Gasteiger partial charge in [-0.25, -0.2) is 4.79 Å². The first-order valence-corrected chi connectivity index (χ1v) is 6.15. The number of aromatic carboxylic acids is 1. The SMILES string of the molecule is CN(C)C(=O)c1cccc(-c2ccccc2)c1C(=O)O. The van der Waals surface area contributed by atoms with Gasteiger partial charge in [0.1, 0.15) is 0 Å². The molecule has 0 aromatic heterocycles. The van der Waals surface area contributed by atoms with Gasteiger partial charge in [0.25, 0.3) is 5.91 Å². The third-order valence-electron chi connectivity index (χ3n) is 3.00. The van der Waals surface area contributed by atoms with Gasteiger partial charge >= 0.3 is 5.97 Å². The lowest BCUT2D eigenvalue weighted by atomic mass is 9.95. The van der Waals surface area contributed by atoms with Gasteiger partial charge in [-0.3, -0.25) is 4.79 Å². The van der Waals surface area contributed by atoms with E-state index in [1.54, 1.807) is 26.2 Å². The fourth-order valence-corrected chi connectivity index (χ4v) is 2.06. The zero-order valence-electron chi connectivity index (χ0n) is 11.3. The summed E-state index contributed by atoms with van der Waals surface area (Å²) >= 11 is 0. The molecule has 0 unspecified atom stereocenters. The number of nitrogens with zero attached hydrogens (tertiary/aromatic N) is 1. The molecule has 1 N–H and O–H groups in total. The number of hydrogen-bond donors (Lipinski definition) is 1. The lowest BCUT2D eigenvalue weighted by Gasteiger charge is -2.15. The maximum atomic E-state index is 12.1. The normalized spacial score (nSPS) is 10.1. The summed E-state index contributed by atoms with van der Waals surface area (Å²) in [6, 6.07) is 14.1. The first kappa shape index (κ1) is 13.8. The summed E-state index contributed by atoms with van der Waals surface area (Å²) in [5, 5.41) is 9.47. The van der Waals surface area contributed by atoms with Crippen LogP contribution in [-0.4, -0.2) is 36.0 Å². The lowest BCUT2D eigenvalue weighted by molar-refractivity contribution is 0.0686. The molecule has 2 aromatic rings. The summed E-state index contributed by atoms with van der Waals surface area (Å²) in [5.74, 6) is -1.42. The molecule has 0 aliphatic carbocycles. The van der Waals surface area contributed by atoms with Crippen LogP contribution in [0.2, 0.25) is 0 Å². The minimum Gasteiger partial charge on any atom is -0.478 e. The second-order valence-corrected chi connectivity index (χ2v) is 4.60. The van der Waals surface area contributed by atoms with E-state index in [-0.39, 0.29) is 17.0 Å². The third-order valence-corrected chi connectivity index (χ3v) is 3.00. The van der Waals surface area contributed by atoms with Gasteiger partial charge in [0, 0.05) is 14.1 Å². The number of benzene rings is 2. The number of hydrogen-bond acceptors (Lipinski definition) is 2. The van der Waals surface area contributed by atoms with Crippen LogP contribution >= 0.6 is 0 Å². The molecule has 102 valence electrons. The van der Waals surface area contributed by atoms with Crippen molar-refractivity contribution in [1.29, 1.82) is 0 Å². The number of carboxylic acids is 1. The van der Waals surface area contributed by atoms with E-state index < -0.39 is 5.97 Å². The van der Waals surface area contributed by atoms with E-state index in [4.69, 9.17) is 0 Å². The summed E-state index contributed by atoms with van der Waals surface area (Å²) in [5.41, 5.74) is 1.56. The molecule has 0 heterocycles. The lowest BCUT2D eigenvalue weighted by Crippen LogP contribution is -2.24. The van der Waals surface area contributed by atoms with Crippen molar-refractivity contribution in [3.8, 4) is 11.1 Å². The van der Waals surface area contributed by atoms with Crippen LogP contribution in [0.25, 0.3) is 11.1 Å². The Hall–Kier alpha value is -2.62. The third kappa shape index (κ3) is 2.54. The van der Waals surface area contributed by atoms with Crippen LogP contribution in [0.5, 0.6) is 0 Å². The Morgan fingerprint density at radius 3 is 2.15 bits per heavy atom. The summed E-state index contributed by atoms with van der Waals surface area (Å²) in [6.07, 6.45) is 0. The van der Waals surface area contributed by atoms with Crippen molar-refractivity contribution in [2.45, 2.75) is 0 Å². The summed E-state index contributed by atoms with van der Waals surface area (Å²) in [6.45, 7) is 0. The zero-order valence-corrected chi connectivity index (χ0v) is 11.3. The number of rotatable bonds is 3. The molecule has 20 heavy (non-hydrogen) atoms. The predicted molar refractivity (Wildman–Crippen MR) is 76.9 cm³/mol. The molecule has 0 aliphatic rings. The molecule has 0 atom stereocenters. The highest BCUT2D eigenvalue weighted by Gasteiger charge is 2.21. The molecule has 2 aromatic carbocycles. The van der Waals surface area contributed by atoms with E-state index in [1.165, 1.54) is 11.0 Å². The van der Waals surface area contributed by atoms with Gasteiger partial charge in [-0.15, -0.1) is 0 Å². The first-order valence-electron chi connectivity index (χ1n) is 6.15. The number of amides is 1. The fourth-order valence-electron chi connectivity index (χ4n) is 2.06. The van der Waals surface area contributed by atoms with E-state index in [0.717, 1.165) is 5.56 Å². The van der Waals surface area contributed by atoms with Crippen molar-refractivity contribution < 1.29 is 14.7 Å². The van der Waals surface area contributed by atoms with Crippen molar-refractivity contribution >= 4 is 11.9 Å². The van der Waals surface area contributed by atoms with Gasteiger partial charge in [0.15, 0.2) is 0 Å². The molecule has 1 amide bonds. The minimum atomic E-state index is -1.10. The van der Waals surface area contributed by atoms with Crippen molar-refractivity contribution in [1.82, 2.24) is 4.90 Å². The van der Waals surface area contributed by atoms with E-state index in [9.17, 15) is 14.7 Å². The zero-order chi connectivity index (χ0) is 14.7. The number of carbonyl (C=O) groups excluding carboxylic acids is 1. The molecule has 0 saturated heterocycles. The van der Waals surface area contributed by atoms with Crippen LogP contribution in [0.3, 0.4) is 0 Å². The van der Waals surface area contributed by atoms with Crippen LogP contribution < -0.4 is 0 Å². The first-order chi connectivity index (χ1) is 9.52.